The van der Waals surface area contributed by atoms with E-state index in [-0.39, 0.29) is 11.8 Å². The number of fused-ring (bicyclic) bond motifs is 1. The lowest BCUT2D eigenvalue weighted by Gasteiger charge is -2.07. The van der Waals surface area contributed by atoms with Gasteiger partial charge in [0.25, 0.3) is 0 Å². The normalized spacial score (nSPS) is 14.8. The topological polar surface area (TPSA) is 29.1 Å². The van der Waals surface area contributed by atoms with Gasteiger partial charge in [0.05, 0.1) is 0 Å². The van der Waals surface area contributed by atoms with Crippen LogP contribution in [0.15, 0.2) is 42.5 Å². The highest BCUT2D eigenvalue weighted by atomic mass is 16.2. The summed E-state index contributed by atoms with van der Waals surface area (Å²) in [7, 11) is 0. The Morgan fingerprint density at radius 3 is 2.71 bits per heavy atom. The molecule has 0 spiro atoms. The molecular formula is C15H15NO. The molecule has 2 heteroatoms. The zero-order valence-corrected chi connectivity index (χ0v) is 9.65. The molecule has 2 nitrogen and oxygen atoms in total. The first-order valence-electron chi connectivity index (χ1n) is 6.09. The molecule has 1 aliphatic rings. The average Bonchev–Trinajstić information content (AvgIpc) is 3.20. The lowest BCUT2D eigenvalue weighted by Crippen LogP contribution is -2.24. The van der Waals surface area contributed by atoms with Gasteiger partial charge in [-0.15, -0.1) is 0 Å². The Morgan fingerprint density at radius 2 is 1.88 bits per heavy atom. The van der Waals surface area contributed by atoms with Crippen molar-refractivity contribution in [2.75, 3.05) is 0 Å². The van der Waals surface area contributed by atoms with Crippen LogP contribution in [-0.2, 0) is 11.3 Å². The van der Waals surface area contributed by atoms with E-state index >= 15 is 0 Å². The number of amides is 1. The van der Waals surface area contributed by atoms with Gasteiger partial charge in [-0.25, -0.2) is 0 Å². The smallest absolute Gasteiger partial charge is 0.223 e. The second kappa shape index (κ2) is 4.21. The van der Waals surface area contributed by atoms with Gasteiger partial charge in [0, 0.05) is 12.5 Å². The lowest BCUT2D eigenvalue weighted by atomic mass is 10.0. The number of hydrogen-bond acceptors (Lipinski definition) is 1. The number of nitrogens with one attached hydrogen (secondary N) is 1. The molecule has 0 radical (unpaired) electrons. The summed E-state index contributed by atoms with van der Waals surface area (Å²) in [4.78, 5) is 11.6. The minimum Gasteiger partial charge on any atom is -0.352 e. The van der Waals surface area contributed by atoms with E-state index in [2.05, 4.69) is 29.6 Å². The number of carbonyl (C=O) groups excluding carboxylic acids is 1. The minimum absolute atomic E-state index is 0.206. The number of carbonyl (C=O) groups is 1. The molecule has 2 aromatic rings. The maximum Gasteiger partial charge on any atom is 0.223 e. The fourth-order valence-electron chi connectivity index (χ4n) is 2.12. The third-order valence-electron chi connectivity index (χ3n) is 3.28. The lowest BCUT2D eigenvalue weighted by molar-refractivity contribution is -0.122. The summed E-state index contributed by atoms with van der Waals surface area (Å²) >= 11 is 0. The molecule has 86 valence electrons. The largest absolute Gasteiger partial charge is 0.352 e. The van der Waals surface area contributed by atoms with Crippen molar-refractivity contribution in [2.24, 2.45) is 5.92 Å². The summed E-state index contributed by atoms with van der Waals surface area (Å²) in [5.74, 6) is 0.489. The van der Waals surface area contributed by atoms with Crippen molar-refractivity contribution in [2.45, 2.75) is 19.4 Å². The molecule has 1 fully saturated rings. The number of rotatable bonds is 3. The molecule has 1 amide bonds. The highest BCUT2D eigenvalue weighted by molar-refractivity contribution is 5.86. The van der Waals surface area contributed by atoms with Gasteiger partial charge in [0.2, 0.25) is 5.91 Å². The molecule has 0 aliphatic heterocycles. The van der Waals surface area contributed by atoms with E-state index in [0.29, 0.717) is 6.54 Å². The highest BCUT2D eigenvalue weighted by Gasteiger charge is 2.29. The van der Waals surface area contributed by atoms with Crippen molar-refractivity contribution in [3.63, 3.8) is 0 Å². The molecule has 17 heavy (non-hydrogen) atoms. The average molecular weight is 225 g/mol. The molecule has 0 atom stereocenters. The summed E-state index contributed by atoms with van der Waals surface area (Å²) < 4.78 is 0. The van der Waals surface area contributed by atoms with Crippen molar-refractivity contribution < 1.29 is 4.79 Å². The van der Waals surface area contributed by atoms with Gasteiger partial charge >= 0.3 is 0 Å². The van der Waals surface area contributed by atoms with Crippen LogP contribution in [-0.4, -0.2) is 5.91 Å². The molecule has 0 heterocycles. The van der Waals surface area contributed by atoms with Crippen LogP contribution >= 0.6 is 0 Å². The third kappa shape index (κ3) is 2.16. The van der Waals surface area contributed by atoms with E-state index in [1.807, 2.05) is 18.2 Å². The summed E-state index contributed by atoms with van der Waals surface area (Å²) in [5, 5.41) is 5.47. The van der Waals surface area contributed by atoms with Gasteiger partial charge in [0.15, 0.2) is 0 Å². The maximum absolute atomic E-state index is 11.6. The Kier molecular flexibility index (Phi) is 2.56. The van der Waals surface area contributed by atoms with Crippen molar-refractivity contribution in [1.29, 1.82) is 0 Å². The van der Waals surface area contributed by atoms with Crippen molar-refractivity contribution in [1.82, 2.24) is 5.32 Å². The molecule has 1 aliphatic carbocycles. The molecule has 1 saturated carbocycles. The second-order valence-electron chi connectivity index (χ2n) is 4.63. The summed E-state index contributed by atoms with van der Waals surface area (Å²) in [6.45, 7) is 0.636. The maximum atomic E-state index is 11.6. The molecule has 1 N–H and O–H groups in total. The van der Waals surface area contributed by atoms with Gasteiger partial charge in [-0.05, 0) is 29.2 Å². The molecule has 0 bridgehead atoms. The van der Waals surface area contributed by atoms with E-state index in [1.165, 1.54) is 16.3 Å². The zero-order chi connectivity index (χ0) is 11.7. The second-order valence-corrected chi connectivity index (χ2v) is 4.63. The van der Waals surface area contributed by atoms with Crippen LogP contribution in [0.3, 0.4) is 0 Å². The fourth-order valence-corrected chi connectivity index (χ4v) is 2.12. The van der Waals surface area contributed by atoms with E-state index in [9.17, 15) is 4.79 Å². The predicted molar refractivity (Wildman–Crippen MR) is 68.5 cm³/mol. The molecule has 0 saturated heterocycles. The van der Waals surface area contributed by atoms with Gasteiger partial charge < -0.3 is 5.32 Å². The van der Waals surface area contributed by atoms with Crippen LogP contribution < -0.4 is 5.32 Å². The standard InChI is InChI=1S/C15H15NO/c17-15(12-8-9-12)16-10-13-6-3-5-11-4-1-2-7-14(11)13/h1-7,12H,8-10H2,(H,16,17). The molecule has 2 aromatic carbocycles. The number of hydrogen-bond donors (Lipinski definition) is 1. The zero-order valence-electron chi connectivity index (χ0n) is 9.65. The van der Waals surface area contributed by atoms with E-state index < -0.39 is 0 Å². The van der Waals surface area contributed by atoms with Crippen LogP contribution in [0.2, 0.25) is 0 Å². The Labute approximate surface area is 101 Å². The van der Waals surface area contributed by atoms with Crippen LogP contribution in [0.1, 0.15) is 18.4 Å². The van der Waals surface area contributed by atoms with E-state index in [1.54, 1.807) is 0 Å². The first kappa shape index (κ1) is 10.3. The van der Waals surface area contributed by atoms with Crippen LogP contribution in [0.5, 0.6) is 0 Å². The van der Waals surface area contributed by atoms with Gasteiger partial charge in [0.1, 0.15) is 0 Å². The summed E-state index contributed by atoms with van der Waals surface area (Å²) in [6, 6.07) is 14.5. The first-order chi connectivity index (χ1) is 8.34. The quantitative estimate of drug-likeness (QED) is 0.855. The van der Waals surface area contributed by atoms with Gasteiger partial charge in [-0.3, -0.25) is 4.79 Å². The molecule has 3 rings (SSSR count). The summed E-state index contributed by atoms with van der Waals surface area (Å²) in [6.07, 6.45) is 2.11. The minimum atomic E-state index is 0.206. The Hall–Kier alpha value is -1.83. The Bertz CT molecular complexity index is 552. The van der Waals surface area contributed by atoms with E-state index in [0.717, 1.165) is 12.8 Å². The third-order valence-corrected chi connectivity index (χ3v) is 3.28. The predicted octanol–water partition coefficient (Wildman–Crippen LogP) is 2.87. The van der Waals surface area contributed by atoms with E-state index in [4.69, 9.17) is 0 Å². The van der Waals surface area contributed by atoms with Gasteiger partial charge in [-0.2, -0.15) is 0 Å². The Balaban J connectivity index is 1.82. The summed E-state index contributed by atoms with van der Waals surface area (Å²) in [5.41, 5.74) is 1.19. The van der Waals surface area contributed by atoms with Crippen LogP contribution in [0, 0.1) is 5.92 Å². The first-order valence-corrected chi connectivity index (χ1v) is 6.09. The monoisotopic (exact) mass is 225 g/mol. The van der Waals surface area contributed by atoms with Crippen molar-refractivity contribution in [3.8, 4) is 0 Å². The molecular weight excluding hydrogens is 210 g/mol. The van der Waals surface area contributed by atoms with Crippen LogP contribution in [0.4, 0.5) is 0 Å². The fraction of sp³-hybridized carbons (Fsp3) is 0.267. The van der Waals surface area contributed by atoms with Crippen molar-refractivity contribution in [3.05, 3.63) is 48.0 Å². The van der Waals surface area contributed by atoms with Crippen LogP contribution in [0.25, 0.3) is 10.8 Å². The van der Waals surface area contributed by atoms with Crippen molar-refractivity contribution >= 4 is 16.7 Å². The Morgan fingerprint density at radius 1 is 1.12 bits per heavy atom. The molecule has 0 unspecified atom stereocenters. The highest BCUT2D eigenvalue weighted by Crippen LogP contribution is 2.29. The molecule has 0 aromatic heterocycles. The SMILES string of the molecule is O=C(NCc1cccc2ccccc12)C1CC1. The van der Waals surface area contributed by atoms with Gasteiger partial charge in [-0.1, -0.05) is 42.5 Å². The number of benzene rings is 2.